The summed E-state index contributed by atoms with van der Waals surface area (Å²) >= 11 is 1.14. The summed E-state index contributed by atoms with van der Waals surface area (Å²) in [6.07, 6.45) is -5.19. The maximum absolute atomic E-state index is 12.5. The Morgan fingerprint density at radius 1 is 1.23 bits per heavy atom. The summed E-state index contributed by atoms with van der Waals surface area (Å²) in [6, 6.07) is 7.94. The van der Waals surface area contributed by atoms with E-state index in [4.69, 9.17) is 0 Å². The number of alkyl halides is 3. The fraction of sp³-hybridized carbons (Fsp3) is 0.421. The number of sulfonamides is 1. The van der Waals surface area contributed by atoms with Crippen molar-refractivity contribution in [3.8, 4) is 5.75 Å². The van der Waals surface area contributed by atoms with Crippen LogP contribution in [0.5, 0.6) is 5.75 Å². The first-order valence-electron chi connectivity index (χ1n) is 9.41. The van der Waals surface area contributed by atoms with Gasteiger partial charge >= 0.3 is 6.36 Å². The van der Waals surface area contributed by atoms with Crippen molar-refractivity contribution in [1.29, 1.82) is 0 Å². The maximum Gasteiger partial charge on any atom is 0.573 e. The molecular formula is C19H21F3N2O5S2. The summed E-state index contributed by atoms with van der Waals surface area (Å²) in [5, 5.41) is 14.5. The lowest BCUT2D eigenvalue weighted by Gasteiger charge is -2.30. The summed E-state index contributed by atoms with van der Waals surface area (Å²) in [4.78, 5) is 12.4. The van der Waals surface area contributed by atoms with Gasteiger partial charge in [0.25, 0.3) is 10.0 Å². The zero-order chi connectivity index (χ0) is 22.6. The molecule has 1 atom stereocenters. The molecule has 1 amide bonds. The summed E-state index contributed by atoms with van der Waals surface area (Å²) in [5.74, 6) is -1.09. The molecule has 12 heteroatoms. The zero-order valence-corrected chi connectivity index (χ0v) is 17.8. The van der Waals surface area contributed by atoms with Crippen molar-refractivity contribution in [1.82, 2.24) is 9.62 Å². The van der Waals surface area contributed by atoms with Crippen LogP contribution in [0.3, 0.4) is 0 Å². The highest BCUT2D eigenvalue weighted by molar-refractivity contribution is 7.91. The Kier molecular flexibility index (Phi) is 7.24. The number of carbonyl (C=O) groups excluding carboxylic acids is 1. The highest BCUT2D eigenvalue weighted by atomic mass is 32.2. The first kappa shape index (κ1) is 23.5. The van der Waals surface area contributed by atoms with Crippen molar-refractivity contribution in [3.63, 3.8) is 0 Å². The molecule has 3 rings (SSSR count). The molecule has 0 aliphatic carbocycles. The van der Waals surface area contributed by atoms with E-state index in [1.54, 1.807) is 17.5 Å². The first-order valence-corrected chi connectivity index (χ1v) is 11.7. The highest BCUT2D eigenvalue weighted by Gasteiger charge is 2.33. The van der Waals surface area contributed by atoms with E-state index < -0.39 is 28.2 Å². The van der Waals surface area contributed by atoms with Crippen LogP contribution in [0.4, 0.5) is 13.2 Å². The van der Waals surface area contributed by atoms with Gasteiger partial charge in [-0.1, -0.05) is 18.2 Å². The number of benzene rings is 1. The zero-order valence-electron chi connectivity index (χ0n) is 16.2. The summed E-state index contributed by atoms with van der Waals surface area (Å²) in [7, 11) is -3.55. The standard InChI is InChI=1S/C19H21F3N2O5S2/c20-19(21,22)29-15-5-3-13(4-6-15)16(25)12-23-18(26)14-7-9-24(10-8-14)31(27,28)17-2-1-11-30-17/h1-6,11,14,16,25H,7-10,12H2,(H,23,26). The molecule has 0 spiro atoms. The van der Waals surface area contributed by atoms with Gasteiger partial charge in [0.15, 0.2) is 0 Å². The van der Waals surface area contributed by atoms with Gasteiger partial charge in [-0.15, -0.1) is 24.5 Å². The first-order chi connectivity index (χ1) is 14.6. The number of amides is 1. The number of thiophene rings is 1. The summed E-state index contributed by atoms with van der Waals surface area (Å²) in [5.41, 5.74) is 0.326. The van der Waals surface area contributed by atoms with E-state index in [9.17, 15) is 31.5 Å². The number of nitrogens with one attached hydrogen (secondary N) is 1. The van der Waals surface area contributed by atoms with Crippen LogP contribution < -0.4 is 10.1 Å². The van der Waals surface area contributed by atoms with Crippen molar-refractivity contribution in [2.75, 3.05) is 19.6 Å². The van der Waals surface area contributed by atoms with Gasteiger partial charge in [-0.3, -0.25) is 4.79 Å². The second-order valence-corrected chi connectivity index (χ2v) is 10.1. The van der Waals surface area contributed by atoms with E-state index in [0.29, 0.717) is 18.4 Å². The van der Waals surface area contributed by atoms with E-state index in [1.165, 1.54) is 16.4 Å². The molecule has 1 aliphatic heterocycles. The lowest BCUT2D eigenvalue weighted by molar-refractivity contribution is -0.274. The van der Waals surface area contributed by atoms with Crippen LogP contribution >= 0.6 is 11.3 Å². The predicted molar refractivity (Wildman–Crippen MR) is 107 cm³/mol. The number of nitrogens with zero attached hydrogens (tertiary/aromatic N) is 1. The molecule has 1 aliphatic rings. The number of piperidine rings is 1. The van der Waals surface area contributed by atoms with E-state index >= 15 is 0 Å². The molecule has 0 saturated carbocycles. The number of rotatable bonds is 7. The second-order valence-electron chi connectivity index (χ2n) is 6.99. The minimum atomic E-state index is -4.80. The van der Waals surface area contributed by atoms with E-state index in [2.05, 4.69) is 10.1 Å². The van der Waals surface area contributed by atoms with Gasteiger partial charge in [0.2, 0.25) is 5.91 Å². The van der Waals surface area contributed by atoms with Crippen molar-refractivity contribution >= 4 is 27.3 Å². The third-order valence-electron chi connectivity index (χ3n) is 4.88. The molecule has 1 saturated heterocycles. The lowest BCUT2D eigenvalue weighted by Crippen LogP contribution is -2.43. The number of hydrogen-bond acceptors (Lipinski definition) is 6. The molecule has 31 heavy (non-hydrogen) atoms. The summed E-state index contributed by atoms with van der Waals surface area (Å²) in [6.45, 7) is 0.328. The molecule has 2 N–H and O–H groups in total. The third-order valence-corrected chi connectivity index (χ3v) is 8.15. The van der Waals surface area contributed by atoms with Crippen molar-refractivity contribution < 1.29 is 36.2 Å². The van der Waals surface area contributed by atoms with Gasteiger partial charge in [-0.25, -0.2) is 8.42 Å². The number of hydrogen-bond donors (Lipinski definition) is 2. The number of ether oxygens (including phenoxy) is 1. The van der Waals surface area contributed by atoms with Gasteiger partial charge < -0.3 is 15.2 Å². The average Bonchev–Trinajstić information content (AvgIpc) is 3.27. The Morgan fingerprint density at radius 3 is 2.42 bits per heavy atom. The molecule has 0 bridgehead atoms. The molecule has 7 nitrogen and oxygen atoms in total. The van der Waals surface area contributed by atoms with Crippen LogP contribution in [0.25, 0.3) is 0 Å². The number of halogens is 3. The van der Waals surface area contributed by atoms with Crippen molar-refractivity contribution in [2.24, 2.45) is 5.92 Å². The van der Waals surface area contributed by atoms with E-state index in [0.717, 1.165) is 23.5 Å². The van der Waals surface area contributed by atoms with Crippen LogP contribution in [-0.2, 0) is 14.8 Å². The molecule has 2 heterocycles. The van der Waals surface area contributed by atoms with Gasteiger partial charge in [0, 0.05) is 25.6 Å². The molecule has 1 aromatic heterocycles. The molecule has 2 aromatic rings. The molecule has 1 aromatic carbocycles. The molecule has 0 radical (unpaired) electrons. The van der Waals surface area contributed by atoms with Crippen molar-refractivity contribution in [2.45, 2.75) is 29.5 Å². The molecule has 1 fully saturated rings. The van der Waals surface area contributed by atoms with Crippen molar-refractivity contribution in [3.05, 3.63) is 47.3 Å². The topological polar surface area (TPSA) is 95.9 Å². The Bertz CT molecular complexity index is 971. The summed E-state index contributed by atoms with van der Waals surface area (Å²) < 4.78 is 67.0. The van der Waals surface area contributed by atoms with Crippen LogP contribution in [0, 0.1) is 5.92 Å². The minimum Gasteiger partial charge on any atom is -0.406 e. The van der Waals surface area contributed by atoms with Gasteiger partial charge in [0.05, 0.1) is 6.10 Å². The van der Waals surface area contributed by atoms with Gasteiger partial charge in [-0.2, -0.15) is 4.31 Å². The predicted octanol–water partition coefficient (Wildman–Crippen LogP) is 2.90. The van der Waals surface area contributed by atoms with Crippen LogP contribution in [0.1, 0.15) is 24.5 Å². The van der Waals surface area contributed by atoms with Gasteiger partial charge in [0.1, 0.15) is 9.96 Å². The fourth-order valence-corrected chi connectivity index (χ4v) is 5.86. The monoisotopic (exact) mass is 478 g/mol. The number of aliphatic hydroxyl groups is 1. The average molecular weight is 479 g/mol. The fourth-order valence-electron chi connectivity index (χ4n) is 3.25. The highest BCUT2D eigenvalue weighted by Crippen LogP contribution is 2.27. The van der Waals surface area contributed by atoms with Crippen LogP contribution in [0.15, 0.2) is 46.0 Å². The Morgan fingerprint density at radius 2 is 1.87 bits per heavy atom. The molecule has 1 unspecified atom stereocenters. The number of carbonyl (C=O) groups is 1. The molecular weight excluding hydrogens is 457 g/mol. The second kappa shape index (κ2) is 9.55. The Hall–Kier alpha value is -2.15. The van der Waals surface area contributed by atoms with E-state index in [-0.39, 0.29) is 35.7 Å². The largest absolute Gasteiger partial charge is 0.573 e. The third kappa shape index (κ3) is 6.19. The number of aliphatic hydroxyl groups excluding tert-OH is 1. The normalized spacial score (nSPS) is 17.3. The SMILES string of the molecule is O=C(NCC(O)c1ccc(OC(F)(F)F)cc1)C1CCN(S(=O)(=O)c2cccs2)CC1. The quantitative estimate of drug-likeness (QED) is 0.638. The van der Waals surface area contributed by atoms with E-state index in [1.807, 2.05) is 0 Å². The lowest BCUT2D eigenvalue weighted by atomic mass is 9.97. The maximum atomic E-state index is 12.5. The Balaban J connectivity index is 1.47. The smallest absolute Gasteiger partial charge is 0.406 e. The minimum absolute atomic E-state index is 0.119. The van der Waals surface area contributed by atoms with Crippen LogP contribution in [-0.4, -0.2) is 49.7 Å². The van der Waals surface area contributed by atoms with Crippen LogP contribution in [0.2, 0.25) is 0 Å². The Labute approximate surface area is 181 Å². The molecule has 170 valence electrons. The van der Waals surface area contributed by atoms with Gasteiger partial charge in [-0.05, 0) is 42.0 Å².